The van der Waals surface area contributed by atoms with Crippen LogP contribution in [0.3, 0.4) is 0 Å². The number of nitrogens with one attached hydrogen (secondary N) is 1. The normalized spacial score (nSPS) is 10.4. The van der Waals surface area contributed by atoms with E-state index in [9.17, 15) is 4.79 Å². The monoisotopic (exact) mass is 360 g/mol. The number of fused-ring (bicyclic) bond motifs is 1. The molecule has 0 bridgehead atoms. The number of rotatable bonds is 4. The van der Waals surface area contributed by atoms with Crippen LogP contribution in [0.2, 0.25) is 5.02 Å². The fourth-order valence-corrected chi connectivity index (χ4v) is 3.85. The molecule has 1 amide bonds. The summed E-state index contributed by atoms with van der Waals surface area (Å²) in [5.41, 5.74) is 1.82. The highest BCUT2D eigenvalue weighted by molar-refractivity contribution is 8.00. The molecule has 0 spiro atoms. The molecule has 1 N–H and O–H groups in total. The van der Waals surface area contributed by atoms with E-state index in [0.29, 0.717) is 16.3 Å². The van der Waals surface area contributed by atoms with Crippen LogP contribution in [0.25, 0.3) is 10.2 Å². The van der Waals surface area contributed by atoms with Crippen LogP contribution in [-0.2, 0) is 4.79 Å². The molecule has 5 nitrogen and oxygen atoms in total. The zero-order valence-electron chi connectivity index (χ0n) is 11.6. The van der Waals surface area contributed by atoms with Gasteiger partial charge in [0.05, 0.1) is 26.6 Å². The molecular formula is C15H9ClN4OS2. The Kier molecular flexibility index (Phi) is 4.76. The molecule has 0 radical (unpaired) electrons. The number of hydrogen-bond donors (Lipinski definition) is 1. The third-order valence-corrected chi connectivity index (χ3v) is 5.27. The standard InChI is InChI=1S/C15H9ClN4OS2/c16-11-5-10(2-1-9(11)6-17)20-13(21)7-23-15-14-12(3-4-22-14)18-8-19-15/h1-5,8H,7H2,(H,20,21). The van der Waals surface area contributed by atoms with Gasteiger partial charge in [-0.05, 0) is 29.6 Å². The Bertz CT molecular complexity index is 919. The molecule has 0 aliphatic rings. The summed E-state index contributed by atoms with van der Waals surface area (Å²) >= 11 is 8.85. The van der Waals surface area contributed by atoms with E-state index in [-0.39, 0.29) is 11.7 Å². The molecule has 0 atom stereocenters. The van der Waals surface area contributed by atoms with Gasteiger partial charge in [-0.2, -0.15) is 5.26 Å². The summed E-state index contributed by atoms with van der Waals surface area (Å²) in [7, 11) is 0. The highest BCUT2D eigenvalue weighted by Gasteiger charge is 2.10. The van der Waals surface area contributed by atoms with Crippen molar-refractivity contribution >= 4 is 56.5 Å². The van der Waals surface area contributed by atoms with Gasteiger partial charge in [-0.3, -0.25) is 4.79 Å². The lowest BCUT2D eigenvalue weighted by atomic mass is 10.2. The minimum absolute atomic E-state index is 0.168. The Balaban J connectivity index is 1.65. The van der Waals surface area contributed by atoms with Gasteiger partial charge in [-0.25, -0.2) is 9.97 Å². The number of aromatic nitrogens is 2. The molecule has 8 heteroatoms. The smallest absolute Gasteiger partial charge is 0.234 e. The van der Waals surface area contributed by atoms with E-state index in [1.165, 1.54) is 18.1 Å². The highest BCUT2D eigenvalue weighted by atomic mass is 35.5. The summed E-state index contributed by atoms with van der Waals surface area (Å²) in [5, 5.41) is 14.6. The van der Waals surface area contributed by atoms with E-state index in [0.717, 1.165) is 15.2 Å². The largest absolute Gasteiger partial charge is 0.325 e. The summed E-state index contributed by atoms with van der Waals surface area (Å²) < 4.78 is 0.978. The molecule has 0 aliphatic carbocycles. The summed E-state index contributed by atoms with van der Waals surface area (Å²) in [4.78, 5) is 20.4. The summed E-state index contributed by atoms with van der Waals surface area (Å²) in [6.45, 7) is 0. The lowest BCUT2D eigenvalue weighted by molar-refractivity contribution is -0.113. The van der Waals surface area contributed by atoms with Gasteiger partial charge in [0.25, 0.3) is 0 Å². The predicted molar refractivity (Wildman–Crippen MR) is 92.9 cm³/mol. The quantitative estimate of drug-likeness (QED) is 0.563. The summed E-state index contributed by atoms with van der Waals surface area (Å²) in [6.07, 6.45) is 1.50. The maximum atomic E-state index is 12.0. The molecule has 1 aromatic carbocycles. The predicted octanol–water partition coefficient (Wildman–Crippen LogP) is 3.95. The fourth-order valence-electron chi connectivity index (χ4n) is 1.88. The van der Waals surface area contributed by atoms with Crippen LogP contribution in [0, 0.1) is 11.3 Å². The molecule has 0 aliphatic heterocycles. The van der Waals surface area contributed by atoms with Gasteiger partial charge in [-0.1, -0.05) is 23.4 Å². The third kappa shape index (κ3) is 3.62. The van der Waals surface area contributed by atoms with Crippen molar-refractivity contribution in [1.82, 2.24) is 9.97 Å². The molecule has 0 saturated heterocycles. The van der Waals surface area contributed by atoms with Crippen molar-refractivity contribution in [2.75, 3.05) is 11.1 Å². The second-order valence-corrected chi connectivity index (χ2v) is 6.74. The minimum atomic E-state index is -0.168. The number of amides is 1. The number of hydrogen-bond acceptors (Lipinski definition) is 6. The topological polar surface area (TPSA) is 78.7 Å². The summed E-state index contributed by atoms with van der Waals surface area (Å²) in [5.74, 6) is 0.0563. The maximum absolute atomic E-state index is 12.0. The van der Waals surface area contributed by atoms with Crippen molar-refractivity contribution in [2.24, 2.45) is 0 Å². The lowest BCUT2D eigenvalue weighted by Crippen LogP contribution is -2.14. The van der Waals surface area contributed by atoms with Crippen molar-refractivity contribution < 1.29 is 4.79 Å². The second kappa shape index (κ2) is 6.96. The van der Waals surface area contributed by atoms with E-state index < -0.39 is 0 Å². The van der Waals surface area contributed by atoms with Crippen LogP contribution in [-0.4, -0.2) is 21.6 Å². The number of thiophene rings is 1. The van der Waals surface area contributed by atoms with E-state index in [4.69, 9.17) is 16.9 Å². The van der Waals surface area contributed by atoms with Gasteiger partial charge in [0.1, 0.15) is 17.4 Å². The van der Waals surface area contributed by atoms with Gasteiger partial charge in [0.2, 0.25) is 5.91 Å². The Hall–Kier alpha value is -2.14. The number of halogens is 1. The van der Waals surface area contributed by atoms with E-state index in [2.05, 4.69) is 15.3 Å². The number of thioether (sulfide) groups is 1. The zero-order valence-corrected chi connectivity index (χ0v) is 14.0. The van der Waals surface area contributed by atoms with Crippen LogP contribution in [0.15, 0.2) is 41.0 Å². The average Bonchev–Trinajstić information content (AvgIpc) is 3.02. The van der Waals surface area contributed by atoms with E-state index >= 15 is 0 Å². The lowest BCUT2D eigenvalue weighted by Gasteiger charge is -2.06. The Morgan fingerprint density at radius 3 is 3.04 bits per heavy atom. The molecule has 3 rings (SSSR count). The number of nitriles is 1. The first-order valence-electron chi connectivity index (χ1n) is 6.48. The Morgan fingerprint density at radius 2 is 2.26 bits per heavy atom. The average molecular weight is 361 g/mol. The summed E-state index contributed by atoms with van der Waals surface area (Å²) in [6, 6.07) is 8.68. The zero-order chi connectivity index (χ0) is 16.2. The Morgan fingerprint density at radius 1 is 1.39 bits per heavy atom. The van der Waals surface area contributed by atoms with Crippen molar-refractivity contribution in [3.05, 3.63) is 46.6 Å². The molecule has 0 unspecified atom stereocenters. The van der Waals surface area contributed by atoms with Gasteiger partial charge in [0, 0.05) is 5.69 Å². The maximum Gasteiger partial charge on any atom is 0.234 e. The van der Waals surface area contributed by atoms with Crippen molar-refractivity contribution in [1.29, 1.82) is 5.26 Å². The van der Waals surface area contributed by atoms with Crippen LogP contribution >= 0.6 is 34.7 Å². The number of benzene rings is 1. The van der Waals surface area contributed by atoms with E-state index in [1.54, 1.807) is 29.5 Å². The molecule has 2 aromatic heterocycles. The van der Waals surface area contributed by atoms with Gasteiger partial charge in [0.15, 0.2) is 0 Å². The minimum Gasteiger partial charge on any atom is -0.325 e. The van der Waals surface area contributed by atoms with Crippen LogP contribution < -0.4 is 5.32 Å². The number of carbonyl (C=O) groups excluding carboxylic acids is 1. The number of nitrogens with zero attached hydrogens (tertiary/aromatic N) is 3. The van der Waals surface area contributed by atoms with Crippen LogP contribution in [0.5, 0.6) is 0 Å². The fraction of sp³-hybridized carbons (Fsp3) is 0.0667. The molecule has 23 heavy (non-hydrogen) atoms. The second-order valence-electron chi connectivity index (χ2n) is 4.46. The number of anilines is 1. The molecule has 0 saturated carbocycles. The van der Waals surface area contributed by atoms with Crippen molar-refractivity contribution in [3.8, 4) is 6.07 Å². The Labute approximate surface area is 145 Å². The molecule has 3 aromatic rings. The van der Waals surface area contributed by atoms with E-state index in [1.807, 2.05) is 17.5 Å². The molecule has 114 valence electrons. The first-order chi connectivity index (χ1) is 11.2. The van der Waals surface area contributed by atoms with Crippen LogP contribution in [0.1, 0.15) is 5.56 Å². The SMILES string of the molecule is N#Cc1ccc(NC(=O)CSc2ncnc3ccsc23)cc1Cl. The van der Waals surface area contributed by atoms with Crippen LogP contribution in [0.4, 0.5) is 5.69 Å². The number of carbonyl (C=O) groups is 1. The van der Waals surface area contributed by atoms with Crippen molar-refractivity contribution in [3.63, 3.8) is 0 Å². The van der Waals surface area contributed by atoms with Gasteiger partial charge in [-0.15, -0.1) is 11.3 Å². The molecule has 0 fully saturated rings. The van der Waals surface area contributed by atoms with Gasteiger partial charge >= 0.3 is 0 Å². The molecular weight excluding hydrogens is 352 g/mol. The molecule has 2 heterocycles. The third-order valence-electron chi connectivity index (χ3n) is 2.92. The van der Waals surface area contributed by atoms with Crippen molar-refractivity contribution in [2.45, 2.75) is 5.03 Å². The first kappa shape index (κ1) is 15.7. The highest BCUT2D eigenvalue weighted by Crippen LogP contribution is 2.28. The first-order valence-corrected chi connectivity index (χ1v) is 8.72. The van der Waals surface area contributed by atoms with Gasteiger partial charge < -0.3 is 5.32 Å².